The van der Waals surface area contributed by atoms with Gasteiger partial charge >= 0.3 is 6.03 Å². The molecule has 0 aliphatic heterocycles. The summed E-state index contributed by atoms with van der Waals surface area (Å²) in [6.45, 7) is 0.574. The van der Waals surface area contributed by atoms with Gasteiger partial charge in [-0.3, -0.25) is 4.68 Å². The minimum Gasteiger partial charge on any atom is -0.350 e. The molecular weight excluding hydrogens is 204 g/mol. The normalized spacial score (nSPS) is 10.6. The van der Waals surface area contributed by atoms with Crippen molar-refractivity contribution in [3.8, 4) is 0 Å². The summed E-state index contributed by atoms with van der Waals surface area (Å²) in [6, 6.07) is 7.20. The minimum absolute atomic E-state index is 0.574. The lowest BCUT2D eigenvalue weighted by Crippen LogP contribution is -2.27. The van der Waals surface area contributed by atoms with Crippen LogP contribution in [0.4, 0.5) is 4.79 Å². The van der Waals surface area contributed by atoms with Crippen molar-refractivity contribution in [2.24, 2.45) is 11.5 Å². The molecule has 5 N–H and O–H groups in total. The number of nitrogens with two attached hydrogens (primary N) is 2. The monoisotopic (exact) mass is 218 g/mol. The first-order valence-electron chi connectivity index (χ1n) is 5.08. The van der Waals surface area contributed by atoms with Gasteiger partial charge < -0.3 is 11.5 Å². The molecule has 2 amide bonds. The van der Waals surface area contributed by atoms with Gasteiger partial charge in [0.05, 0.1) is 5.52 Å². The Morgan fingerprint density at radius 2 is 2.12 bits per heavy atom. The molecule has 0 saturated heterocycles. The van der Waals surface area contributed by atoms with Gasteiger partial charge in [-0.2, -0.15) is 0 Å². The SMILES string of the molecule is NCCc1cn(NC(N)=O)c2ccccc12. The van der Waals surface area contributed by atoms with Crippen molar-refractivity contribution < 1.29 is 4.79 Å². The Labute approximate surface area is 93.0 Å². The highest BCUT2D eigenvalue weighted by atomic mass is 16.2. The van der Waals surface area contributed by atoms with Crippen molar-refractivity contribution in [1.29, 1.82) is 0 Å². The molecule has 0 aliphatic carbocycles. The van der Waals surface area contributed by atoms with Gasteiger partial charge in [0.1, 0.15) is 0 Å². The number of carbonyl (C=O) groups excluding carboxylic acids is 1. The van der Waals surface area contributed by atoms with Crippen LogP contribution >= 0.6 is 0 Å². The first-order valence-corrected chi connectivity index (χ1v) is 5.08. The van der Waals surface area contributed by atoms with Crippen LogP contribution in [0, 0.1) is 0 Å². The highest BCUT2D eigenvalue weighted by Gasteiger charge is 2.07. The molecule has 0 aliphatic rings. The third-order valence-electron chi connectivity index (χ3n) is 2.44. The van der Waals surface area contributed by atoms with E-state index >= 15 is 0 Å². The topological polar surface area (TPSA) is 86.1 Å². The number of amides is 2. The molecule has 1 aromatic carbocycles. The summed E-state index contributed by atoms with van der Waals surface area (Å²) in [5.74, 6) is 0. The fraction of sp³-hybridized carbons (Fsp3) is 0.182. The Kier molecular flexibility index (Phi) is 2.78. The average Bonchev–Trinajstić information content (AvgIpc) is 2.58. The molecule has 5 nitrogen and oxygen atoms in total. The molecule has 2 rings (SSSR count). The molecule has 1 aromatic heterocycles. The van der Waals surface area contributed by atoms with Crippen LogP contribution in [0.5, 0.6) is 0 Å². The molecule has 0 unspecified atom stereocenters. The number of urea groups is 1. The predicted octanol–water partition coefficient (Wildman–Crippen LogP) is 0.765. The molecule has 5 heteroatoms. The summed E-state index contributed by atoms with van der Waals surface area (Å²) >= 11 is 0. The first kappa shape index (κ1) is 10.5. The quantitative estimate of drug-likeness (QED) is 0.710. The standard InChI is InChI=1S/C11H14N4O/c12-6-5-8-7-15(14-11(13)16)10-4-2-1-3-9(8)10/h1-4,7H,5-6,12H2,(H3,13,14,16). The number of carbonyl (C=O) groups is 1. The van der Waals surface area contributed by atoms with Gasteiger partial charge in [0.2, 0.25) is 0 Å². The zero-order chi connectivity index (χ0) is 11.5. The number of aromatic nitrogens is 1. The molecular formula is C11H14N4O. The largest absolute Gasteiger partial charge is 0.350 e. The van der Waals surface area contributed by atoms with E-state index in [4.69, 9.17) is 11.5 Å². The molecule has 0 spiro atoms. The van der Waals surface area contributed by atoms with Crippen molar-refractivity contribution in [1.82, 2.24) is 4.68 Å². The number of benzene rings is 1. The van der Waals surface area contributed by atoms with E-state index in [2.05, 4.69) is 5.43 Å². The highest BCUT2D eigenvalue weighted by Crippen LogP contribution is 2.20. The summed E-state index contributed by atoms with van der Waals surface area (Å²) in [4.78, 5) is 10.8. The highest BCUT2D eigenvalue weighted by molar-refractivity contribution is 5.88. The van der Waals surface area contributed by atoms with Gasteiger partial charge in [-0.1, -0.05) is 18.2 Å². The predicted molar refractivity (Wildman–Crippen MR) is 63.6 cm³/mol. The summed E-state index contributed by atoms with van der Waals surface area (Å²) in [7, 11) is 0. The van der Waals surface area contributed by atoms with Crippen LogP contribution in [-0.4, -0.2) is 17.3 Å². The minimum atomic E-state index is -0.583. The van der Waals surface area contributed by atoms with E-state index in [0.717, 1.165) is 22.9 Å². The van der Waals surface area contributed by atoms with Gasteiger partial charge in [0.15, 0.2) is 0 Å². The van der Waals surface area contributed by atoms with Gasteiger partial charge in [-0.25, -0.2) is 10.2 Å². The molecule has 0 atom stereocenters. The molecule has 16 heavy (non-hydrogen) atoms. The lowest BCUT2D eigenvalue weighted by atomic mass is 10.1. The van der Waals surface area contributed by atoms with Crippen LogP contribution in [0.3, 0.4) is 0 Å². The Hall–Kier alpha value is -2.01. The maximum atomic E-state index is 10.8. The van der Waals surface area contributed by atoms with Crippen molar-refractivity contribution in [2.75, 3.05) is 12.0 Å². The van der Waals surface area contributed by atoms with Gasteiger partial charge in [-0.15, -0.1) is 0 Å². The lowest BCUT2D eigenvalue weighted by molar-refractivity contribution is 0.257. The number of para-hydroxylation sites is 1. The Morgan fingerprint density at radius 1 is 1.38 bits per heavy atom. The van der Waals surface area contributed by atoms with E-state index in [0.29, 0.717) is 6.54 Å². The third kappa shape index (κ3) is 1.85. The van der Waals surface area contributed by atoms with E-state index in [1.807, 2.05) is 30.5 Å². The fourth-order valence-corrected chi connectivity index (χ4v) is 1.82. The number of hydrogen-bond acceptors (Lipinski definition) is 2. The van der Waals surface area contributed by atoms with Gasteiger partial charge in [0.25, 0.3) is 0 Å². The Bertz CT molecular complexity index is 518. The second-order valence-corrected chi connectivity index (χ2v) is 3.56. The van der Waals surface area contributed by atoms with Crippen LogP contribution in [0.2, 0.25) is 0 Å². The molecule has 1 heterocycles. The number of nitrogens with one attached hydrogen (secondary N) is 1. The van der Waals surface area contributed by atoms with Crippen molar-refractivity contribution in [2.45, 2.75) is 6.42 Å². The smallest absolute Gasteiger partial charge is 0.331 e. The van der Waals surface area contributed by atoms with E-state index in [9.17, 15) is 4.79 Å². The van der Waals surface area contributed by atoms with Crippen molar-refractivity contribution >= 4 is 16.9 Å². The zero-order valence-corrected chi connectivity index (χ0v) is 8.81. The van der Waals surface area contributed by atoms with Crippen LogP contribution in [0.15, 0.2) is 30.5 Å². The zero-order valence-electron chi connectivity index (χ0n) is 8.81. The van der Waals surface area contributed by atoms with Crippen molar-refractivity contribution in [3.05, 3.63) is 36.0 Å². The van der Waals surface area contributed by atoms with E-state index in [1.54, 1.807) is 4.68 Å². The molecule has 0 radical (unpaired) electrons. The summed E-state index contributed by atoms with van der Waals surface area (Å²) in [5, 5.41) is 1.08. The van der Waals surface area contributed by atoms with Crippen LogP contribution in [0.1, 0.15) is 5.56 Å². The summed E-state index contributed by atoms with van der Waals surface area (Å²) in [5.41, 5.74) is 15.2. The van der Waals surface area contributed by atoms with Crippen LogP contribution in [0.25, 0.3) is 10.9 Å². The van der Waals surface area contributed by atoms with E-state index in [-0.39, 0.29) is 0 Å². The van der Waals surface area contributed by atoms with Crippen molar-refractivity contribution in [3.63, 3.8) is 0 Å². The van der Waals surface area contributed by atoms with E-state index in [1.165, 1.54) is 0 Å². The number of hydrogen-bond donors (Lipinski definition) is 3. The fourth-order valence-electron chi connectivity index (χ4n) is 1.82. The van der Waals surface area contributed by atoms with Gasteiger partial charge in [-0.05, 0) is 24.6 Å². The maximum absolute atomic E-state index is 10.8. The van der Waals surface area contributed by atoms with E-state index < -0.39 is 6.03 Å². The number of rotatable bonds is 3. The number of primary amides is 1. The lowest BCUT2D eigenvalue weighted by Gasteiger charge is -2.03. The Balaban J connectivity index is 2.52. The molecule has 0 bridgehead atoms. The maximum Gasteiger partial charge on any atom is 0.331 e. The molecule has 2 aromatic rings. The van der Waals surface area contributed by atoms with Crippen LogP contribution in [-0.2, 0) is 6.42 Å². The second-order valence-electron chi connectivity index (χ2n) is 3.56. The third-order valence-corrected chi connectivity index (χ3v) is 2.44. The number of fused-ring (bicyclic) bond motifs is 1. The summed E-state index contributed by atoms with van der Waals surface area (Å²) in [6.07, 6.45) is 2.62. The number of nitrogens with zero attached hydrogens (tertiary/aromatic N) is 1. The first-order chi connectivity index (χ1) is 7.72. The molecule has 84 valence electrons. The summed E-state index contributed by atoms with van der Waals surface area (Å²) < 4.78 is 1.63. The molecule has 0 fully saturated rings. The van der Waals surface area contributed by atoms with Gasteiger partial charge in [0, 0.05) is 11.6 Å². The van der Waals surface area contributed by atoms with Crippen LogP contribution < -0.4 is 16.9 Å². The average molecular weight is 218 g/mol. The second kappa shape index (κ2) is 4.24. The molecule has 0 saturated carbocycles. The Morgan fingerprint density at radius 3 is 2.81 bits per heavy atom.